The molecule has 2 heterocycles. The summed E-state index contributed by atoms with van der Waals surface area (Å²) < 4.78 is 6.92. The van der Waals surface area contributed by atoms with Gasteiger partial charge in [-0.1, -0.05) is 32.0 Å². The van der Waals surface area contributed by atoms with Gasteiger partial charge in [-0.15, -0.1) is 5.10 Å². The highest BCUT2D eigenvalue weighted by atomic mass is 16.5. The Labute approximate surface area is 169 Å². The van der Waals surface area contributed by atoms with Gasteiger partial charge in [-0.3, -0.25) is 0 Å². The van der Waals surface area contributed by atoms with E-state index < -0.39 is 5.97 Å². The minimum atomic E-state index is -0.600. The van der Waals surface area contributed by atoms with Gasteiger partial charge in [0.25, 0.3) is 5.82 Å². The van der Waals surface area contributed by atoms with E-state index in [1.807, 2.05) is 24.3 Å². The van der Waals surface area contributed by atoms with Crippen LogP contribution >= 0.6 is 0 Å². The summed E-state index contributed by atoms with van der Waals surface area (Å²) in [5.74, 6) is 0.778. The molecule has 0 saturated carbocycles. The molecule has 1 aromatic carbocycles. The number of hydrogen-bond acceptors (Lipinski definition) is 7. The summed E-state index contributed by atoms with van der Waals surface area (Å²) in [5, 5.41) is 16.4. The van der Waals surface area contributed by atoms with Crippen molar-refractivity contribution >= 4 is 11.8 Å². The molecule has 0 fully saturated rings. The average molecular weight is 390 g/mol. The standard InChI is InChI=1S/C21H22N6O2/c1-14(2)17-8-4-5-9-18(17)27-15(3)25-20(26-27)21(28)29-12-11-24-19-16(13-22)7-6-10-23-19/h4-10,14H,11-12H2,1-3H3,(H,23,24). The van der Waals surface area contributed by atoms with Crippen molar-refractivity contribution in [1.29, 1.82) is 5.26 Å². The lowest BCUT2D eigenvalue weighted by atomic mass is 10.0. The number of carbonyl (C=O) groups excluding carboxylic acids is 1. The molecular formula is C21H22N6O2. The molecule has 8 nitrogen and oxygen atoms in total. The summed E-state index contributed by atoms with van der Waals surface area (Å²) in [6.07, 6.45) is 1.59. The summed E-state index contributed by atoms with van der Waals surface area (Å²) >= 11 is 0. The third-order valence-electron chi connectivity index (χ3n) is 4.29. The first-order valence-corrected chi connectivity index (χ1v) is 9.30. The number of esters is 1. The number of nitrogens with one attached hydrogen (secondary N) is 1. The highest BCUT2D eigenvalue weighted by molar-refractivity contribution is 5.85. The number of nitriles is 1. The van der Waals surface area contributed by atoms with E-state index in [9.17, 15) is 4.79 Å². The molecule has 8 heteroatoms. The largest absolute Gasteiger partial charge is 0.458 e. The topological polar surface area (TPSA) is 106 Å². The summed E-state index contributed by atoms with van der Waals surface area (Å²) in [4.78, 5) is 20.7. The molecule has 0 radical (unpaired) electrons. The number of para-hydroxylation sites is 1. The molecule has 0 saturated heterocycles. The van der Waals surface area contributed by atoms with Gasteiger partial charge in [0.1, 0.15) is 24.3 Å². The van der Waals surface area contributed by atoms with E-state index in [2.05, 4.69) is 40.3 Å². The zero-order valence-electron chi connectivity index (χ0n) is 16.6. The highest BCUT2D eigenvalue weighted by Crippen LogP contribution is 2.23. The predicted octanol–water partition coefficient (Wildman–Crippen LogP) is 3.23. The molecule has 3 rings (SSSR count). The van der Waals surface area contributed by atoms with Crippen molar-refractivity contribution < 1.29 is 9.53 Å². The fourth-order valence-electron chi connectivity index (χ4n) is 2.89. The summed E-state index contributed by atoms with van der Waals surface area (Å²) in [6.45, 7) is 6.41. The summed E-state index contributed by atoms with van der Waals surface area (Å²) in [5.41, 5.74) is 2.44. The lowest BCUT2D eigenvalue weighted by Crippen LogP contribution is -2.16. The molecule has 0 aliphatic heterocycles. The Balaban J connectivity index is 1.64. The average Bonchev–Trinajstić information content (AvgIpc) is 3.12. The van der Waals surface area contributed by atoms with Gasteiger partial charge in [0.2, 0.25) is 0 Å². The number of pyridine rings is 1. The lowest BCUT2D eigenvalue weighted by molar-refractivity contribution is 0.0506. The van der Waals surface area contributed by atoms with Gasteiger partial charge >= 0.3 is 5.97 Å². The van der Waals surface area contributed by atoms with E-state index >= 15 is 0 Å². The molecule has 148 valence electrons. The number of hydrogen-bond donors (Lipinski definition) is 1. The van der Waals surface area contributed by atoms with Crippen molar-refractivity contribution in [2.75, 3.05) is 18.5 Å². The van der Waals surface area contributed by atoms with Crippen LogP contribution in [-0.4, -0.2) is 38.9 Å². The number of carbonyl (C=O) groups is 1. The van der Waals surface area contributed by atoms with Crippen molar-refractivity contribution in [3.05, 3.63) is 65.4 Å². The number of aryl methyl sites for hydroxylation is 1. The van der Waals surface area contributed by atoms with Crippen LogP contribution in [0.5, 0.6) is 0 Å². The molecule has 0 aliphatic carbocycles. The fraction of sp³-hybridized carbons (Fsp3) is 0.286. The predicted molar refractivity (Wildman–Crippen MR) is 108 cm³/mol. The molecule has 0 amide bonds. The van der Waals surface area contributed by atoms with E-state index in [4.69, 9.17) is 10.00 Å². The van der Waals surface area contributed by atoms with Gasteiger partial charge in [-0.2, -0.15) is 5.26 Å². The van der Waals surface area contributed by atoms with Gasteiger partial charge < -0.3 is 10.1 Å². The zero-order chi connectivity index (χ0) is 20.8. The Morgan fingerprint density at radius 2 is 2.07 bits per heavy atom. The van der Waals surface area contributed by atoms with Crippen LogP contribution in [0.2, 0.25) is 0 Å². The van der Waals surface area contributed by atoms with E-state index in [1.165, 1.54) is 0 Å². The van der Waals surface area contributed by atoms with E-state index in [1.54, 1.807) is 29.9 Å². The minimum Gasteiger partial charge on any atom is -0.458 e. The van der Waals surface area contributed by atoms with Gasteiger partial charge in [0.05, 0.1) is 17.8 Å². The first-order valence-electron chi connectivity index (χ1n) is 9.30. The SMILES string of the molecule is Cc1nc(C(=O)OCCNc2ncccc2C#N)nn1-c1ccccc1C(C)C. The molecule has 3 aromatic rings. The fourth-order valence-corrected chi connectivity index (χ4v) is 2.89. The van der Waals surface area contributed by atoms with Crippen LogP contribution in [0.4, 0.5) is 5.82 Å². The van der Waals surface area contributed by atoms with Crippen LogP contribution in [0, 0.1) is 18.3 Å². The monoisotopic (exact) mass is 390 g/mol. The minimum absolute atomic E-state index is 0.0107. The Kier molecular flexibility index (Phi) is 6.19. The summed E-state index contributed by atoms with van der Waals surface area (Å²) in [7, 11) is 0. The molecular weight excluding hydrogens is 368 g/mol. The van der Waals surface area contributed by atoms with E-state index in [0.29, 0.717) is 29.7 Å². The van der Waals surface area contributed by atoms with Gasteiger partial charge in [-0.25, -0.2) is 19.4 Å². The first-order chi connectivity index (χ1) is 14.0. The van der Waals surface area contributed by atoms with Gasteiger partial charge in [0.15, 0.2) is 0 Å². The van der Waals surface area contributed by atoms with Crippen LogP contribution in [0.15, 0.2) is 42.6 Å². The van der Waals surface area contributed by atoms with Crippen LogP contribution in [0.3, 0.4) is 0 Å². The third-order valence-corrected chi connectivity index (χ3v) is 4.29. The number of ether oxygens (including phenoxy) is 1. The molecule has 0 atom stereocenters. The maximum Gasteiger partial charge on any atom is 0.378 e. The Bertz CT molecular complexity index is 1050. The van der Waals surface area contributed by atoms with E-state index in [0.717, 1.165) is 11.3 Å². The molecule has 0 aliphatic rings. The third kappa shape index (κ3) is 4.58. The second kappa shape index (κ2) is 8.97. The Hall–Kier alpha value is -3.73. The molecule has 29 heavy (non-hydrogen) atoms. The van der Waals surface area contributed by atoms with Crippen LogP contribution in [-0.2, 0) is 4.74 Å². The van der Waals surface area contributed by atoms with Gasteiger partial charge in [0, 0.05) is 6.20 Å². The maximum absolute atomic E-state index is 12.3. The van der Waals surface area contributed by atoms with Crippen molar-refractivity contribution in [2.45, 2.75) is 26.7 Å². The van der Waals surface area contributed by atoms with Gasteiger partial charge in [-0.05, 0) is 36.6 Å². The number of anilines is 1. The second-order valence-electron chi connectivity index (χ2n) is 6.68. The van der Waals surface area contributed by atoms with Crippen molar-refractivity contribution in [2.24, 2.45) is 0 Å². The first kappa shape index (κ1) is 20.0. The number of rotatable bonds is 7. The lowest BCUT2D eigenvalue weighted by Gasteiger charge is -2.12. The Morgan fingerprint density at radius 3 is 2.83 bits per heavy atom. The molecule has 2 aromatic heterocycles. The van der Waals surface area contributed by atoms with Crippen molar-refractivity contribution in [3.63, 3.8) is 0 Å². The van der Waals surface area contributed by atoms with Crippen LogP contribution < -0.4 is 5.32 Å². The Morgan fingerprint density at radius 1 is 1.28 bits per heavy atom. The second-order valence-corrected chi connectivity index (χ2v) is 6.68. The van der Waals surface area contributed by atoms with E-state index in [-0.39, 0.29) is 12.4 Å². The smallest absolute Gasteiger partial charge is 0.378 e. The molecule has 1 N–H and O–H groups in total. The highest BCUT2D eigenvalue weighted by Gasteiger charge is 2.18. The molecule has 0 spiro atoms. The number of nitrogens with zero attached hydrogens (tertiary/aromatic N) is 5. The normalized spacial score (nSPS) is 10.6. The molecule has 0 bridgehead atoms. The van der Waals surface area contributed by atoms with Crippen molar-refractivity contribution in [3.8, 4) is 11.8 Å². The number of aromatic nitrogens is 4. The maximum atomic E-state index is 12.3. The summed E-state index contributed by atoms with van der Waals surface area (Å²) in [6, 6.07) is 13.3. The quantitative estimate of drug-likeness (QED) is 0.487. The molecule has 0 unspecified atom stereocenters. The number of benzene rings is 1. The van der Waals surface area contributed by atoms with Crippen LogP contribution in [0.1, 0.15) is 47.3 Å². The zero-order valence-corrected chi connectivity index (χ0v) is 16.6. The van der Waals surface area contributed by atoms with Crippen LogP contribution in [0.25, 0.3) is 5.69 Å². The van der Waals surface area contributed by atoms with Crippen molar-refractivity contribution in [1.82, 2.24) is 19.7 Å².